The van der Waals surface area contributed by atoms with Crippen molar-refractivity contribution in [2.45, 2.75) is 38.3 Å². The van der Waals surface area contributed by atoms with Crippen LogP contribution < -0.4 is 15.8 Å². The highest BCUT2D eigenvalue weighted by molar-refractivity contribution is 9.10. The number of halogens is 2. The quantitative estimate of drug-likeness (QED) is 0.716. The molecule has 1 unspecified atom stereocenters. The number of hydrogen-bond acceptors (Lipinski definition) is 3. The van der Waals surface area contributed by atoms with Crippen LogP contribution in [0.4, 0.5) is 5.69 Å². The van der Waals surface area contributed by atoms with E-state index in [-0.39, 0.29) is 30.0 Å². The maximum atomic E-state index is 12.5. The number of benzene rings is 2. The molecule has 0 bridgehead atoms. The van der Waals surface area contributed by atoms with Gasteiger partial charge in [0.2, 0.25) is 5.91 Å². The van der Waals surface area contributed by atoms with E-state index in [2.05, 4.69) is 21.2 Å². The van der Waals surface area contributed by atoms with E-state index in [0.29, 0.717) is 18.5 Å². The van der Waals surface area contributed by atoms with Crippen molar-refractivity contribution < 1.29 is 9.53 Å². The molecule has 4 nitrogen and oxygen atoms in total. The lowest BCUT2D eigenvalue weighted by Gasteiger charge is -2.38. The summed E-state index contributed by atoms with van der Waals surface area (Å²) in [7, 11) is 0. The van der Waals surface area contributed by atoms with Crippen LogP contribution in [0, 0.1) is 0 Å². The summed E-state index contributed by atoms with van der Waals surface area (Å²) >= 11 is 3.40. The Kier molecular flexibility index (Phi) is 6.01. The van der Waals surface area contributed by atoms with E-state index in [1.165, 1.54) is 0 Å². The van der Waals surface area contributed by atoms with Gasteiger partial charge in [0.05, 0.1) is 12.5 Å². The van der Waals surface area contributed by atoms with E-state index in [4.69, 9.17) is 10.5 Å². The number of nitrogens with one attached hydrogen (secondary N) is 1. The molecule has 0 aromatic heterocycles. The van der Waals surface area contributed by atoms with Crippen LogP contribution in [0.2, 0.25) is 0 Å². The molecule has 2 aromatic rings. The maximum absolute atomic E-state index is 12.5. The maximum Gasteiger partial charge on any atom is 0.224 e. The van der Waals surface area contributed by atoms with Crippen molar-refractivity contribution >= 4 is 39.9 Å². The fourth-order valence-corrected chi connectivity index (χ4v) is 3.30. The topological polar surface area (TPSA) is 64.4 Å². The third-order valence-electron chi connectivity index (χ3n) is 4.10. The number of nitrogens with two attached hydrogens (primary N) is 1. The highest BCUT2D eigenvalue weighted by atomic mass is 79.9. The van der Waals surface area contributed by atoms with E-state index in [1.807, 2.05) is 56.3 Å². The van der Waals surface area contributed by atoms with E-state index in [0.717, 1.165) is 21.3 Å². The van der Waals surface area contributed by atoms with E-state index >= 15 is 0 Å². The standard InChI is InChI=1S/C19H21BrN2O2.ClH/c1-19(2)11-16(15-10-14(21)7-8-17(15)24-19)22-18(23)9-12-3-5-13(20)6-4-12;/h3-8,10,16H,9,11,21H2,1-2H3,(H,22,23);1H. The van der Waals surface area contributed by atoms with Gasteiger partial charge in [-0.2, -0.15) is 0 Å². The molecule has 0 radical (unpaired) electrons. The summed E-state index contributed by atoms with van der Waals surface area (Å²) in [4.78, 5) is 12.5. The molecule has 134 valence electrons. The molecule has 0 fully saturated rings. The number of ether oxygens (including phenoxy) is 1. The lowest BCUT2D eigenvalue weighted by Crippen LogP contribution is -2.41. The van der Waals surface area contributed by atoms with Crippen LogP contribution in [0.25, 0.3) is 0 Å². The molecule has 0 saturated heterocycles. The van der Waals surface area contributed by atoms with E-state index < -0.39 is 0 Å². The predicted octanol–water partition coefficient (Wildman–Crippen LogP) is 4.41. The van der Waals surface area contributed by atoms with Crippen molar-refractivity contribution in [1.82, 2.24) is 5.32 Å². The Morgan fingerprint density at radius 1 is 1.28 bits per heavy atom. The SMILES string of the molecule is CC1(C)CC(NC(=O)Cc2ccc(Br)cc2)c2cc(N)ccc2O1.Cl. The van der Waals surface area contributed by atoms with Crippen molar-refractivity contribution in [1.29, 1.82) is 0 Å². The van der Waals surface area contributed by atoms with Gasteiger partial charge in [-0.15, -0.1) is 12.4 Å². The summed E-state index contributed by atoms with van der Waals surface area (Å²) in [6.45, 7) is 4.06. The van der Waals surface area contributed by atoms with Gasteiger partial charge in [0.25, 0.3) is 0 Å². The molecule has 0 saturated carbocycles. The number of rotatable bonds is 3. The fourth-order valence-electron chi connectivity index (χ4n) is 3.03. The Morgan fingerprint density at radius 2 is 1.96 bits per heavy atom. The number of carbonyl (C=O) groups is 1. The van der Waals surface area contributed by atoms with Gasteiger partial charge in [0.1, 0.15) is 11.4 Å². The van der Waals surface area contributed by atoms with Gasteiger partial charge in [-0.1, -0.05) is 28.1 Å². The van der Waals surface area contributed by atoms with Gasteiger partial charge in [0.15, 0.2) is 0 Å². The molecule has 1 amide bonds. The lowest BCUT2D eigenvalue weighted by molar-refractivity contribution is -0.121. The lowest BCUT2D eigenvalue weighted by atomic mass is 9.89. The van der Waals surface area contributed by atoms with E-state index in [9.17, 15) is 4.79 Å². The molecule has 1 aliphatic heterocycles. The average molecular weight is 426 g/mol. The third-order valence-corrected chi connectivity index (χ3v) is 4.63. The number of anilines is 1. The van der Waals surface area contributed by atoms with Gasteiger partial charge < -0.3 is 15.8 Å². The van der Waals surface area contributed by atoms with Crippen molar-refractivity contribution in [3.05, 3.63) is 58.1 Å². The van der Waals surface area contributed by atoms with Gasteiger partial charge >= 0.3 is 0 Å². The zero-order valence-electron chi connectivity index (χ0n) is 14.2. The number of carbonyl (C=O) groups excluding carboxylic acids is 1. The Balaban J connectivity index is 0.00000225. The third kappa shape index (κ3) is 4.89. The van der Waals surface area contributed by atoms with Crippen molar-refractivity contribution in [2.75, 3.05) is 5.73 Å². The minimum Gasteiger partial charge on any atom is -0.487 e. The Morgan fingerprint density at radius 3 is 2.64 bits per heavy atom. The van der Waals surface area contributed by atoms with Crippen LogP contribution in [-0.2, 0) is 11.2 Å². The van der Waals surface area contributed by atoms with Gasteiger partial charge in [0, 0.05) is 22.1 Å². The molecular formula is C19H22BrClN2O2. The van der Waals surface area contributed by atoms with Crippen molar-refractivity contribution in [3.8, 4) is 5.75 Å². The summed E-state index contributed by atoms with van der Waals surface area (Å²) in [5, 5.41) is 3.13. The second-order valence-electron chi connectivity index (χ2n) is 6.79. The summed E-state index contributed by atoms with van der Waals surface area (Å²) in [6.07, 6.45) is 1.05. The summed E-state index contributed by atoms with van der Waals surface area (Å²) in [5.74, 6) is 0.780. The smallest absolute Gasteiger partial charge is 0.224 e. The van der Waals surface area contributed by atoms with Crippen LogP contribution in [-0.4, -0.2) is 11.5 Å². The molecule has 0 spiro atoms. The second kappa shape index (κ2) is 7.67. The van der Waals surface area contributed by atoms with Crippen LogP contribution >= 0.6 is 28.3 Å². The van der Waals surface area contributed by atoms with E-state index in [1.54, 1.807) is 0 Å². The average Bonchev–Trinajstić information content (AvgIpc) is 2.49. The monoisotopic (exact) mass is 424 g/mol. The van der Waals surface area contributed by atoms with Gasteiger partial charge in [-0.05, 0) is 49.7 Å². The zero-order valence-corrected chi connectivity index (χ0v) is 16.6. The molecular weight excluding hydrogens is 404 g/mol. The molecule has 6 heteroatoms. The molecule has 25 heavy (non-hydrogen) atoms. The zero-order chi connectivity index (χ0) is 17.3. The summed E-state index contributed by atoms with van der Waals surface area (Å²) in [6, 6.07) is 13.3. The van der Waals surface area contributed by atoms with Gasteiger partial charge in [-0.3, -0.25) is 4.79 Å². The first kappa shape index (κ1) is 19.6. The summed E-state index contributed by atoms with van der Waals surface area (Å²) in [5.41, 5.74) is 8.17. The Bertz CT molecular complexity index is 763. The largest absolute Gasteiger partial charge is 0.487 e. The van der Waals surface area contributed by atoms with Crippen molar-refractivity contribution in [2.24, 2.45) is 0 Å². The van der Waals surface area contributed by atoms with Crippen LogP contribution in [0.3, 0.4) is 0 Å². The van der Waals surface area contributed by atoms with Crippen LogP contribution in [0.15, 0.2) is 46.9 Å². The number of amides is 1. The first-order chi connectivity index (χ1) is 11.3. The predicted molar refractivity (Wildman–Crippen MR) is 106 cm³/mol. The van der Waals surface area contributed by atoms with Gasteiger partial charge in [-0.25, -0.2) is 0 Å². The highest BCUT2D eigenvalue weighted by Gasteiger charge is 2.34. The first-order valence-corrected chi connectivity index (χ1v) is 8.74. The number of nitrogen functional groups attached to an aromatic ring is 1. The number of hydrogen-bond donors (Lipinski definition) is 2. The minimum atomic E-state index is -0.335. The van der Waals surface area contributed by atoms with Crippen LogP contribution in [0.1, 0.15) is 37.4 Å². The first-order valence-electron chi connectivity index (χ1n) is 7.95. The fraction of sp³-hybridized carbons (Fsp3) is 0.316. The molecule has 1 heterocycles. The Hall–Kier alpha value is -1.72. The summed E-state index contributed by atoms with van der Waals surface area (Å²) < 4.78 is 7.01. The molecule has 0 aliphatic carbocycles. The van der Waals surface area contributed by atoms with Crippen LogP contribution in [0.5, 0.6) is 5.75 Å². The molecule has 1 aliphatic rings. The molecule has 3 rings (SSSR count). The molecule has 3 N–H and O–H groups in total. The Labute approximate surface area is 162 Å². The highest BCUT2D eigenvalue weighted by Crippen LogP contribution is 2.40. The van der Waals surface area contributed by atoms with Crippen molar-refractivity contribution in [3.63, 3.8) is 0 Å². The number of fused-ring (bicyclic) bond motifs is 1. The normalized spacial score (nSPS) is 17.6. The molecule has 1 atom stereocenters. The second-order valence-corrected chi connectivity index (χ2v) is 7.70. The minimum absolute atomic E-state index is 0. The molecule has 2 aromatic carbocycles.